The van der Waals surface area contributed by atoms with Crippen molar-refractivity contribution in [2.24, 2.45) is 10.7 Å². The molecule has 0 amide bonds. The predicted octanol–water partition coefficient (Wildman–Crippen LogP) is -0.575. The van der Waals surface area contributed by atoms with Gasteiger partial charge in [-0.25, -0.2) is 0 Å². The fourth-order valence-electron chi connectivity index (χ4n) is 0. The van der Waals surface area contributed by atoms with Crippen molar-refractivity contribution < 1.29 is 20.6 Å². The molecule has 0 aromatic rings. The molecule has 15 heavy (non-hydrogen) atoms. The predicted molar refractivity (Wildman–Crippen MR) is 41.6 cm³/mol. The molecule has 0 saturated heterocycles. The summed E-state index contributed by atoms with van der Waals surface area (Å²) >= 11 is 0. The molecule has 15 heteroatoms. The molecule has 0 spiro atoms. The summed E-state index contributed by atoms with van der Waals surface area (Å²) in [5, 5.41) is 45.3. The Morgan fingerprint density at radius 1 is 0.867 bits per heavy atom. The van der Waals surface area contributed by atoms with Crippen molar-refractivity contribution in [2.45, 2.75) is 0 Å². The maximum Gasteiger partial charge on any atom is 2.00 e. The monoisotopic (exact) mass is 258 g/mol. The molecule has 0 atom stereocenters. The van der Waals surface area contributed by atoms with Crippen LogP contribution in [0.5, 0.6) is 0 Å². The molecule has 0 unspecified atom stereocenters. The second-order valence-electron chi connectivity index (χ2n) is 0.625. The molecule has 0 aliphatic heterocycles. The van der Waals surface area contributed by atoms with E-state index in [1.807, 2.05) is 0 Å². The van der Waals surface area contributed by atoms with Gasteiger partial charge in [0.1, 0.15) is 0 Å². The molecular weight excluding hydrogens is 256 g/mol. The second-order valence-corrected chi connectivity index (χ2v) is 0.625. The van der Waals surface area contributed by atoms with Gasteiger partial charge in [0.2, 0.25) is 0 Å². The van der Waals surface area contributed by atoms with Crippen LogP contribution in [-0.2, 0) is 0 Å². The maximum atomic E-state index is 8.36. The average molecular weight is 258 g/mol. The summed E-state index contributed by atoms with van der Waals surface area (Å²) in [4.78, 5) is 32.7. The molecule has 0 aromatic carbocycles. The molecule has 0 bridgehead atoms. The third-order valence-electron chi connectivity index (χ3n) is 0. The minimum absolute atomic E-state index is 0. The molecule has 0 rings (SSSR count). The number of hydrogen-bond donors (Lipinski definition) is 2. The zero-order valence-corrected chi connectivity index (χ0v) is 8.86. The molecule has 2 N–H and O–H groups in total. The van der Waals surface area contributed by atoms with E-state index in [1.54, 1.807) is 0 Å². The Hall–Kier alpha value is -1.54. The Morgan fingerprint density at radius 3 is 0.867 bits per heavy atom. The Labute approximate surface area is 109 Å². The van der Waals surface area contributed by atoms with Crippen molar-refractivity contribution >= 4 is 37.7 Å². The normalized spacial score (nSPS) is 4.80. The van der Waals surface area contributed by atoms with Gasteiger partial charge in [0.25, 0.3) is 10.2 Å². The fraction of sp³-hybridized carbons (Fsp3) is 0. The van der Waals surface area contributed by atoms with Crippen LogP contribution in [0.25, 0.3) is 0 Å². The first-order valence-electron chi connectivity index (χ1n) is 1.86. The van der Waals surface area contributed by atoms with E-state index < -0.39 is 10.2 Å². The van der Waals surface area contributed by atoms with Gasteiger partial charge in [-0.05, 0) is 0 Å². The van der Waals surface area contributed by atoms with Gasteiger partial charge in [0.15, 0.2) is 0 Å². The van der Waals surface area contributed by atoms with Crippen LogP contribution >= 0.6 is 0 Å². The van der Waals surface area contributed by atoms with E-state index in [1.165, 1.54) is 0 Å². The van der Waals surface area contributed by atoms with E-state index in [2.05, 4.69) is 0 Å². The van der Waals surface area contributed by atoms with Crippen LogP contribution in [0.4, 0.5) is 0 Å². The molecule has 84 valence electrons. The first-order chi connectivity index (χ1) is 6.29. The summed E-state index contributed by atoms with van der Waals surface area (Å²) in [5.74, 6) is 0. The summed E-state index contributed by atoms with van der Waals surface area (Å²) in [5.41, 5.74) is 0. The van der Waals surface area contributed by atoms with Crippen LogP contribution in [0.3, 0.4) is 0 Å². The maximum absolute atomic E-state index is 8.36. The molecule has 0 aliphatic carbocycles. The standard InChI is InChI=1S/Ca.2HNO3.2HNO2/c;2*2-1(3)4;2*2-1-3/h;2*(H,2,3,4);2*(H,2,3)/q+2;;;;/p-2. The molecule has 14 nitrogen and oxygen atoms in total. The van der Waals surface area contributed by atoms with Crippen molar-refractivity contribution in [1.29, 1.82) is 0 Å². The second kappa shape index (κ2) is 39.2. The first kappa shape index (κ1) is 29.2. The summed E-state index contributed by atoms with van der Waals surface area (Å²) in [6, 6.07) is 0. The molecular formula is H2CaN4O10. The molecule has 0 heterocycles. The zero-order valence-electron chi connectivity index (χ0n) is 6.66. The fourth-order valence-corrected chi connectivity index (χ4v) is 0. The van der Waals surface area contributed by atoms with Crippen molar-refractivity contribution in [1.82, 2.24) is 0 Å². The smallest absolute Gasteiger partial charge is 0.444 e. The van der Waals surface area contributed by atoms with Crippen LogP contribution in [0.15, 0.2) is 10.7 Å². The van der Waals surface area contributed by atoms with Gasteiger partial charge in [-0.3, -0.25) is 0 Å². The van der Waals surface area contributed by atoms with Crippen molar-refractivity contribution in [2.75, 3.05) is 0 Å². The quantitative estimate of drug-likeness (QED) is 0.242. The minimum Gasteiger partial charge on any atom is -0.444 e. The zero-order chi connectivity index (χ0) is 12.6. The SMILES string of the molecule is O=N[O-].O=N[O-].O=[N+]([O-])O.O=[N+]([O-])O.[Ca+2]. The topological polar surface area (TPSA) is 232 Å². The first-order valence-corrected chi connectivity index (χ1v) is 1.86. The van der Waals surface area contributed by atoms with E-state index in [0.717, 1.165) is 10.7 Å². The Kier molecular flexibility index (Phi) is 76.3. The summed E-state index contributed by atoms with van der Waals surface area (Å²) in [6.07, 6.45) is 0. The van der Waals surface area contributed by atoms with Crippen LogP contribution < -0.4 is 0 Å². The Morgan fingerprint density at radius 2 is 0.867 bits per heavy atom. The van der Waals surface area contributed by atoms with Crippen LogP contribution in [0.2, 0.25) is 0 Å². The van der Waals surface area contributed by atoms with Gasteiger partial charge in [0, 0.05) is 0 Å². The van der Waals surface area contributed by atoms with Crippen molar-refractivity contribution in [3.05, 3.63) is 40.5 Å². The average Bonchev–Trinajstić information content (AvgIpc) is 1.85. The third-order valence-corrected chi connectivity index (χ3v) is 0. The van der Waals surface area contributed by atoms with Gasteiger partial charge in [-0.15, -0.1) is 30.9 Å². The summed E-state index contributed by atoms with van der Waals surface area (Å²) < 4.78 is 0. The Bertz CT molecular complexity index is 130. The number of rotatable bonds is 0. The minimum atomic E-state index is -1.50. The molecule has 0 aromatic heterocycles. The Balaban J connectivity index is -0.0000000293. The molecule has 0 radical (unpaired) electrons. The van der Waals surface area contributed by atoms with E-state index in [0.29, 0.717) is 0 Å². The number of hydrogen-bond acceptors (Lipinski definition) is 10. The van der Waals surface area contributed by atoms with E-state index >= 15 is 0 Å². The van der Waals surface area contributed by atoms with Gasteiger partial charge < -0.3 is 30.6 Å². The van der Waals surface area contributed by atoms with Crippen LogP contribution in [0.1, 0.15) is 0 Å². The van der Waals surface area contributed by atoms with Crippen LogP contribution in [0, 0.1) is 40.5 Å². The van der Waals surface area contributed by atoms with Gasteiger partial charge in [-0.2, -0.15) is 0 Å². The van der Waals surface area contributed by atoms with Crippen LogP contribution in [-0.4, -0.2) is 58.3 Å². The van der Waals surface area contributed by atoms with E-state index in [4.69, 9.17) is 50.9 Å². The number of nitrogens with zero attached hydrogens (tertiary/aromatic N) is 4. The third kappa shape index (κ3) is 575. The van der Waals surface area contributed by atoms with E-state index in [-0.39, 0.29) is 37.7 Å². The van der Waals surface area contributed by atoms with Gasteiger partial charge in [-0.1, -0.05) is 0 Å². The molecule has 0 fully saturated rings. The molecule has 0 saturated carbocycles. The summed E-state index contributed by atoms with van der Waals surface area (Å²) in [6.45, 7) is 0. The van der Waals surface area contributed by atoms with Gasteiger partial charge >= 0.3 is 37.7 Å². The van der Waals surface area contributed by atoms with Crippen molar-refractivity contribution in [3.63, 3.8) is 0 Å². The van der Waals surface area contributed by atoms with Gasteiger partial charge in [0.05, 0.1) is 0 Å². The molecule has 0 aliphatic rings. The van der Waals surface area contributed by atoms with E-state index in [9.17, 15) is 0 Å². The van der Waals surface area contributed by atoms with Crippen molar-refractivity contribution in [3.8, 4) is 0 Å². The largest absolute Gasteiger partial charge is 2.00 e. The summed E-state index contributed by atoms with van der Waals surface area (Å²) in [7, 11) is 0.